The van der Waals surface area contributed by atoms with Crippen LogP contribution in [-0.4, -0.2) is 63.6 Å². The van der Waals surface area contributed by atoms with Crippen molar-refractivity contribution < 1.29 is 33.3 Å². The number of ether oxygens (including phenoxy) is 5. The molecule has 0 unspecified atom stereocenters. The lowest BCUT2D eigenvalue weighted by atomic mass is 10.2. The molecule has 0 radical (unpaired) electrons. The molecule has 0 aliphatic carbocycles. The van der Waals surface area contributed by atoms with Crippen LogP contribution in [0.4, 0.5) is 9.59 Å². The van der Waals surface area contributed by atoms with E-state index in [1.54, 1.807) is 13.8 Å². The molecule has 0 bridgehead atoms. The van der Waals surface area contributed by atoms with Gasteiger partial charge in [-0.3, -0.25) is 0 Å². The van der Waals surface area contributed by atoms with Crippen molar-refractivity contribution in [1.29, 1.82) is 0 Å². The van der Waals surface area contributed by atoms with E-state index in [4.69, 9.17) is 23.7 Å². The average molecular weight is 330 g/mol. The van der Waals surface area contributed by atoms with Crippen molar-refractivity contribution in [3.63, 3.8) is 0 Å². The fourth-order valence-corrected chi connectivity index (χ4v) is 1.74. The second-order valence-electron chi connectivity index (χ2n) is 4.49. The third-order valence-electron chi connectivity index (χ3n) is 2.78. The van der Waals surface area contributed by atoms with E-state index in [9.17, 15) is 9.59 Å². The summed E-state index contributed by atoms with van der Waals surface area (Å²) in [5, 5.41) is 0. The highest BCUT2D eigenvalue weighted by Crippen LogP contribution is 2.20. The Balaban J connectivity index is 2.15. The topological polar surface area (TPSA) is 105 Å². The van der Waals surface area contributed by atoms with Crippen molar-refractivity contribution in [2.45, 2.75) is 38.9 Å². The largest absolute Gasteiger partial charge is 0.483 e. The molecule has 1 aliphatic heterocycles. The number of hydrogen-bond donors (Lipinski definition) is 0. The van der Waals surface area contributed by atoms with Gasteiger partial charge >= 0.3 is 12.2 Å². The molecule has 0 saturated carbocycles. The minimum Gasteiger partial charge on any atom is -0.483 e. The number of carbonyl (C=O) groups excluding carboxylic acids is 2. The molecule has 1 aliphatic rings. The van der Waals surface area contributed by atoms with Crippen LogP contribution in [0, 0.1) is 0 Å². The first-order chi connectivity index (χ1) is 11.2. The van der Waals surface area contributed by atoms with Gasteiger partial charge < -0.3 is 23.7 Å². The molecule has 2 atom stereocenters. The molecule has 1 saturated heterocycles. The van der Waals surface area contributed by atoms with Gasteiger partial charge in [-0.05, 0) is 26.7 Å². The summed E-state index contributed by atoms with van der Waals surface area (Å²) in [6.45, 7) is 4.59. The molecule has 23 heavy (non-hydrogen) atoms. The quantitative estimate of drug-likeness (QED) is 0.494. The van der Waals surface area contributed by atoms with E-state index in [0.717, 1.165) is 12.8 Å². The summed E-state index contributed by atoms with van der Waals surface area (Å²) >= 11 is 0. The Morgan fingerprint density at radius 1 is 0.957 bits per heavy atom. The third kappa shape index (κ3) is 8.77. The first-order valence-electron chi connectivity index (χ1n) is 7.42. The van der Waals surface area contributed by atoms with E-state index in [0.29, 0.717) is 26.1 Å². The van der Waals surface area contributed by atoms with Crippen LogP contribution in [0.3, 0.4) is 0 Å². The van der Waals surface area contributed by atoms with Crippen LogP contribution in [0.2, 0.25) is 0 Å². The minimum absolute atomic E-state index is 0.0925. The Kier molecular flexibility index (Phi) is 9.37. The highest BCUT2D eigenvalue weighted by atomic mass is 16.6. The van der Waals surface area contributed by atoms with Crippen molar-refractivity contribution in [3.05, 3.63) is 0 Å². The van der Waals surface area contributed by atoms with Gasteiger partial charge in [0.25, 0.3) is 0 Å². The predicted molar refractivity (Wildman–Crippen MR) is 80.8 cm³/mol. The zero-order chi connectivity index (χ0) is 16.9. The highest BCUT2D eigenvalue weighted by Gasteiger charge is 2.27. The smallest absolute Gasteiger partial charge is 0.436 e. The van der Waals surface area contributed by atoms with Crippen molar-refractivity contribution in [2.24, 2.45) is 9.98 Å². The number of nitrogens with zero attached hydrogens (tertiary/aromatic N) is 2. The number of carbonyl (C=O) groups is 2. The average Bonchev–Trinajstić information content (AvgIpc) is 2.99. The van der Waals surface area contributed by atoms with Gasteiger partial charge in [0.15, 0.2) is 12.8 Å². The standard InChI is InChI=1S/C14H22N2O7/c1-3-19-9-15-13(17)21-7-11-5-6-12(23-11)8-22-14(18)16-10-20-4-2/h9-12H,3-8H2,1-2H3/b15-9+,16-10+/t11-,12+. The molecule has 0 N–H and O–H groups in total. The molecule has 1 heterocycles. The fraction of sp³-hybridized carbons (Fsp3) is 0.714. The summed E-state index contributed by atoms with van der Waals surface area (Å²) < 4.78 is 25.0. The van der Waals surface area contributed by atoms with E-state index < -0.39 is 12.2 Å². The van der Waals surface area contributed by atoms with Crippen LogP contribution in [0.5, 0.6) is 0 Å². The van der Waals surface area contributed by atoms with Crippen LogP contribution < -0.4 is 0 Å². The summed E-state index contributed by atoms with van der Waals surface area (Å²) in [6, 6.07) is 0. The molecule has 0 spiro atoms. The van der Waals surface area contributed by atoms with Gasteiger partial charge in [-0.1, -0.05) is 0 Å². The Labute approximate surface area is 134 Å². The summed E-state index contributed by atoms with van der Waals surface area (Å²) in [5.41, 5.74) is 0. The summed E-state index contributed by atoms with van der Waals surface area (Å²) in [4.78, 5) is 29.3. The molecule has 130 valence electrons. The van der Waals surface area contributed by atoms with Gasteiger partial charge in [0.2, 0.25) is 0 Å². The number of aliphatic imine (C=N–C) groups is 2. The third-order valence-corrected chi connectivity index (χ3v) is 2.78. The van der Waals surface area contributed by atoms with Crippen LogP contribution in [0.1, 0.15) is 26.7 Å². The van der Waals surface area contributed by atoms with Crippen molar-refractivity contribution >= 4 is 25.0 Å². The number of hydrogen-bond acceptors (Lipinski definition) is 7. The van der Waals surface area contributed by atoms with Crippen molar-refractivity contribution in [1.82, 2.24) is 0 Å². The monoisotopic (exact) mass is 330 g/mol. The van der Waals surface area contributed by atoms with E-state index in [1.165, 1.54) is 0 Å². The molecule has 0 aromatic rings. The van der Waals surface area contributed by atoms with E-state index in [2.05, 4.69) is 9.98 Å². The lowest BCUT2D eigenvalue weighted by Gasteiger charge is -2.12. The molecule has 9 nitrogen and oxygen atoms in total. The Hall–Kier alpha value is -2.16. The van der Waals surface area contributed by atoms with Crippen molar-refractivity contribution in [3.8, 4) is 0 Å². The molecule has 0 aromatic carbocycles. The second kappa shape index (κ2) is 11.4. The summed E-state index contributed by atoms with van der Waals surface area (Å²) in [5.74, 6) is 0. The van der Waals surface area contributed by atoms with Gasteiger partial charge in [0.05, 0.1) is 25.4 Å². The van der Waals surface area contributed by atoms with E-state index in [1.807, 2.05) is 0 Å². The maximum absolute atomic E-state index is 11.2. The fourth-order valence-electron chi connectivity index (χ4n) is 1.74. The first-order valence-corrected chi connectivity index (χ1v) is 7.42. The Morgan fingerprint density at radius 2 is 1.39 bits per heavy atom. The van der Waals surface area contributed by atoms with E-state index >= 15 is 0 Å². The van der Waals surface area contributed by atoms with E-state index in [-0.39, 0.29) is 25.4 Å². The molecule has 9 heteroatoms. The molecule has 1 fully saturated rings. The van der Waals surface area contributed by atoms with Crippen LogP contribution in [0.15, 0.2) is 9.98 Å². The van der Waals surface area contributed by atoms with Gasteiger partial charge in [-0.25, -0.2) is 9.59 Å². The Bertz CT molecular complexity index is 387. The van der Waals surface area contributed by atoms with Crippen LogP contribution in [0.25, 0.3) is 0 Å². The van der Waals surface area contributed by atoms with Crippen molar-refractivity contribution in [2.75, 3.05) is 26.4 Å². The zero-order valence-corrected chi connectivity index (χ0v) is 13.3. The predicted octanol–water partition coefficient (Wildman–Crippen LogP) is 1.94. The zero-order valence-electron chi connectivity index (χ0n) is 13.3. The molecule has 1 rings (SSSR count). The normalized spacial score (nSPS) is 20.8. The number of rotatable bonds is 8. The number of amides is 2. The lowest BCUT2D eigenvalue weighted by Crippen LogP contribution is -2.22. The molecular formula is C14H22N2O7. The molecular weight excluding hydrogens is 308 g/mol. The first kappa shape index (κ1) is 18.9. The van der Waals surface area contributed by atoms with Gasteiger partial charge in [0.1, 0.15) is 13.2 Å². The Morgan fingerprint density at radius 3 is 1.78 bits per heavy atom. The minimum atomic E-state index is -0.734. The van der Waals surface area contributed by atoms with Gasteiger partial charge in [-0.15, -0.1) is 9.98 Å². The second-order valence-corrected chi connectivity index (χ2v) is 4.49. The summed E-state index contributed by atoms with van der Waals surface area (Å²) in [7, 11) is 0. The maximum Gasteiger partial charge on any atom is 0.436 e. The lowest BCUT2D eigenvalue weighted by molar-refractivity contribution is -0.0177. The van der Waals surface area contributed by atoms with Crippen LogP contribution in [-0.2, 0) is 23.7 Å². The SMILES string of the molecule is CCO/C=N/C(=O)OC[C@H]1CC[C@@H](COC(=O)/N=C/OCC)O1. The molecule has 2 amide bonds. The van der Waals surface area contributed by atoms with Gasteiger partial charge in [-0.2, -0.15) is 0 Å². The molecule has 0 aromatic heterocycles. The highest BCUT2D eigenvalue weighted by molar-refractivity contribution is 5.76. The maximum atomic E-state index is 11.2. The van der Waals surface area contributed by atoms with Crippen LogP contribution >= 0.6 is 0 Å². The summed E-state index contributed by atoms with van der Waals surface area (Å²) in [6.07, 6.45) is 1.55. The van der Waals surface area contributed by atoms with Gasteiger partial charge in [0, 0.05) is 0 Å².